The first-order valence-corrected chi connectivity index (χ1v) is 5.03. The molecule has 4 unspecified atom stereocenters. The number of aliphatic hydroxyl groups is 4. The summed E-state index contributed by atoms with van der Waals surface area (Å²) >= 11 is 0. The van der Waals surface area contributed by atoms with Crippen molar-refractivity contribution in [2.75, 3.05) is 6.61 Å². The molecule has 0 aromatic rings. The Kier molecular flexibility index (Phi) is 3.21. The van der Waals surface area contributed by atoms with E-state index in [1.165, 1.54) is 0 Å². The van der Waals surface area contributed by atoms with Gasteiger partial charge in [-0.2, -0.15) is 0 Å². The minimum Gasteiger partial charge on any atom is -0.393 e. The van der Waals surface area contributed by atoms with Crippen LogP contribution < -0.4 is 0 Å². The summed E-state index contributed by atoms with van der Waals surface area (Å²) in [5.41, 5.74) is -2.21. The summed E-state index contributed by atoms with van der Waals surface area (Å²) in [6, 6.07) is 0. The Morgan fingerprint density at radius 2 is 2.07 bits per heavy atom. The molecule has 1 fully saturated rings. The smallest absolute Gasteiger partial charge is 0.0878 e. The van der Waals surface area contributed by atoms with E-state index in [4.69, 9.17) is 5.11 Å². The van der Waals surface area contributed by atoms with Crippen LogP contribution in [0.1, 0.15) is 33.1 Å². The van der Waals surface area contributed by atoms with Crippen LogP contribution in [0.5, 0.6) is 0 Å². The second kappa shape index (κ2) is 3.77. The summed E-state index contributed by atoms with van der Waals surface area (Å²) in [6.07, 6.45) is 0.590. The highest BCUT2D eigenvalue weighted by Crippen LogP contribution is 2.37. The van der Waals surface area contributed by atoms with Crippen LogP contribution in [0.3, 0.4) is 0 Å². The molecule has 4 atom stereocenters. The molecule has 4 N–H and O–H groups in total. The van der Waals surface area contributed by atoms with Crippen LogP contribution in [0, 0.1) is 5.92 Å². The van der Waals surface area contributed by atoms with E-state index >= 15 is 0 Å². The standard InChI is InChI=1S/C10H20O4/c1-9(13)4-3-7(5-8(9)12)10(2,14)6-11/h7-8,11-14H,3-6H2,1-2H3. The van der Waals surface area contributed by atoms with Gasteiger partial charge in [0.2, 0.25) is 0 Å². The summed E-state index contributed by atoms with van der Waals surface area (Å²) in [5, 5.41) is 38.1. The molecule has 1 rings (SSSR count). The highest BCUT2D eigenvalue weighted by molar-refractivity contribution is 4.95. The lowest BCUT2D eigenvalue weighted by molar-refractivity contribution is -0.139. The normalized spacial score (nSPS) is 43.3. The van der Waals surface area contributed by atoms with Crippen molar-refractivity contribution in [1.82, 2.24) is 0 Å². The first kappa shape index (κ1) is 11.9. The molecule has 0 radical (unpaired) electrons. The number of rotatable bonds is 2. The van der Waals surface area contributed by atoms with Crippen LogP contribution >= 0.6 is 0 Å². The van der Waals surface area contributed by atoms with Crippen molar-refractivity contribution >= 4 is 0 Å². The van der Waals surface area contributed by atoms with Crippen molar-refractivity contribution < 1.29 is 20.4 Å². The van der Waals surface area contributed by atoms with Crippen molar-refractivity contribution in [3.8, 4) is 0 Å². The van der Waals surface area contributed by atoms with E-state index in [0.717, 1.165) is 0 Å². The largest absolute Gasteiger partial charge is 0.393 e. The van der Waals surface area contributed by atoms with Crippen LogP contribution in [-0.4, -0.2) is 44.3 Å². The second-order valence-corrected chi connectivity index (χ2v) is 4.86. The van der Waals surface area contributed by atoms with Gasteiger partial charge in [-0.3, -0.25) is 0 Å². The van der Waals surface area contributed by atoms with Gasteiger partial charge in [0.05, 0.1) is 23.9 Å². The third-order valence-corrected chi connectivity index (χ3v) is 3.42. The molecule has 1 saturated carbocycles. The molecule has 4 nitrogen and oxygen atoms in total. The molecule has 0 spiro atoms. The highest BCUT2D eigenvalue weighted by Gasteiger charge is 2.43. The average Bonchev–Trinajstić information content (AvgIpc) is 2.09. The van der Waals surface area contributed by atoms with Crippen LogP contribution in [0.2, 0.25) is 0 Å². The maximum atomic E-state index is 9.79. The van der Waals surface area contributed by atoms with E-state index in [0.29, 0.717) is 19.3 Å². The molecule has 84 valence electrons. The fourth-order valence-corrected chi connectivity index (χ4v) is 1.97. The zero-order valence-corrected chi connectivity index (χ0v) is 8.77. The van der Waals surface area contributed by atoms with Crippen LogP contribution in [0.4, 0.5) is 0 Å². The van der Waals surface area contributed by atoms with Crippen molar-refractivity contribution in [2.45, 2.75) is 50.4 Å². The van der Waals surface area contributed by atoms with Gasteiger partial charge in [-0.15, -0.1) is 0 Å². The van der Waals surface area contributed by atoms with E-state index in [2.05, 4.69) is 0 Å². The van der Waals surface area contributed by atoms with Gasteiger partial charge in [0.25, 0.3) is 0 Å². The molecule has 0 bridgehead atoms. The summed E-state index contributed by atoms with van der Waals surface area (Å²) in [4.78, 5) is 0. The van der Waals surface area contributed by atoms with Gasteiger partial charge in [-0.25, -0.2) is 0 Å². The first-order valence-electron chi connectivity index (χ1n) is 5.03. The average molecular weight is 204 g/mol. The zero-order valence-electron chi connectivity index (χ0n) is 8.77. The van der Waals surface area contributed by atoms with E-state index in [1.807, 2.05) is 0 Å². The zero-order chi connectivity index (χ0) is 11.0. The van der Waals surface area contributed by atoms with E-state index in [1.54, 1.807) is 13.8 Å². The predicted octanol–water partition coefficient (Wildman–Crippen LogP) is -0.358. The maximum Gasteiger partial charge on any atom is 0.0878 e. The number of hydrogen-bond donors (Lipinski definition) is 4. The van der Waals surface area contributed by atoms with Crippen LogP contribution in [0.15, 0.2) is 0 Å². The van der Waals surface area contributed by atoms with Crippen molar-refractivity contribution in [2.24, 2.45) is 5.92 Å². The van der Waals surface area contributed by atoms with Gasteiger partial charge in [0, 0.05) is 0 Å². The fraction of sp³-hybridized carbons (Fsp3) is 1.00. The Balaban J connectivity index is 2.63. The molecule has 1 aliphatic carbocycles. The topological polar surface area (TPSA) is 80.9 Å². The van der Waals surface area contributed by atoms with Gasteiger partial charge in [0.1, 0.15) is 0 Å². The summed E-state index contributed by atoms with van der Waals surface area (Å²) in [6.45, 7) is 2.85. The Labute approximate surface area is 84.2 Å². The monoisotopic (exact) mass is 204 g/mol. The number of aliphatic hydroxyl groups excluding tert-OH is 2. The third-order valence-electron chi connectivity index (χ3n) is 3.42. The summed E-state index contributed by atoms with van der Waals surface area (Å²) in [7, 11) is 0. The van der Waals surface area contributed by atoms with Gasteiger partial charge in [0.15, 0.2) is 0 Å². The molecule has 0 aliphatic heterocycles. The molecular formula is C10H20O4. The van der Waals surface area contributed by atoms with E-state index in [9.17, 15) is 15.3 Å². The molecule has 0 heterocycles. The molecule has 1 aliphatic rings. The van der Waals surface area contributed by atoms with Gasteiger partial charge in [-0.1, -0.05) is 0 Å². The van der Waals surface area contributed by atoms with Gasteiger partial charge in [-0.05, 0) is 39.0 Å². The first-order chi connectivity index (χ1) is 6.29. The van der Waals surface area contributed by atoms with Crippen LogP contribution in [-0.2, 0) is 0 Å². The molecule has 0 saturated heterocycles. The van der Waals surface area contributed by atoms with Crippen LogP contribution in [0.25, 0.3) is 0 Å². The Hall–Kier alpha value is -0.160. The third kappa shape index (κ3) is 2.25. The van der Waals surface area contributed by atoms with Crippen molar-refractivity contribution in [1.29, 1.82) is 0 Å². The predicted molar refractivity (Wildman–Crippen MR) is 51.7 cm³/mol. The molecule has 0 amide bonds. The SMILES string of the molecule is CC1(O)CCC(C(C)(O)CO)CC1O. The molecular weight excluding hydrogens is 184 g/mol. The minimum absolute atomic E-state index is 0.150. The lowest BCUT2D eigenvalue weighted by atomic mass is 9.71. The Bertz CT molecular complexity index is 200. The number of hydrogen-bond acceptors (Lipinski definition) is 4. The second-order valence-electron chi connectivity index (χ2n) is 4.86. The summed E-state index contributed by atoms with van der Waals surface area (Å²) < 4.78 is 0. The minimum atomic E-state index is -1.16. The Morgan fingerprint density at radius 3 is 2.50 bits per heavy atom. The van der Waals surface area contributed by atoms with E-state index < -0.39 is 17.3 Å². The van der Waals surface area contributed by atoms with Gasteiger partial charge < -0.3 is 20.4 Å². The molecule has 0 aromatic heterocycles. The highest BCUT2D eigenvalue weighted by atomic mass is 16.3. The molecule has 0 aromatic carbocycles. The van der Waals surface area contributed by atoms with Crippen molar-refractivity contribution in [3.63, 3.8) is 0 Å². The van der Waals surface area contributed by atoms with Gasteiger partial charge >= 0.3 is 0 Å². The van der Waals surface area contributed by atoms with E-state index in [-0.39, 0.29) is 12.5 Å². The lowest BCUT2D eigenvalue weighted by Crippen LogP contribution is -2.50. The fourth-order valence-electron chi connectivity index (χ4n) is 1.97. The quantitative estimate of drug-likeness (QED) is 0.495. The lowest BCUT2D eigenvalue weighted by Gasteiger charge is -2.42. The maximum absolute atomic E-state index is 9.79. The Morgan fingerprint density at radius 1 is 1.50 bits per heavy atom. The molecule has 4 heteroatoms. The molecule has 14 heavy (non-hydrogen) atoms. The summed E-state index contributed by atoms with van der Waals surface area (Å²) in [5.74, 6) is -0.150. The van der Waals surface area contributed by atoms with Crippen molar-refractivity contribution in [3.05, 3.63) is 0 Å².